The Hall–Kier alpha value is -1.00. The topological polar surface area (TPSA) is 15.3 Å². The molecule has 0 bridgehead atoms. The Labute approximate surface area is 126 Å². The average Bonchev–Trinajstić information content (AvgIpc) is 2.36. The maximum absolute atomic E-state index is 13.4. The van der Waals surface area contributed by atoms with E-state index in [0.717, 1.165) is 25.6 Å². The SMILES string of the molecule is CCC(C)C1CNC(C)(C)CN1Cc1cc(F)cc(F)c1. The van der Waals surface area contributed by atoms with E-state index in [1.807, 2.05) is 0 Å². The smallest absolute Gasteiger partial charge is 0.126 e. The Morgan fingerprint density at radius 3 is 2.48 bits per heavy atom. The fourth-order valence-electron chi connectivity index (χ4n) is 3.13. The first-order valence-corrected chi connectivity index (χ1v) is 7.75. The number of piperazine rings is 1. The molecule has 1 aliphatic heterocycles. The highest BCUT2D eigenvalue weighted by atomic mass is 19.1. The van der Waals surface area contributed by atoms with Gasteiger partial charge in [-0.3, -0.25) is 4.90 Å². The molecule has 0 amide bonds. The summed E-state index contributed by atoms with van der Waals surface area (Å²) in [7, 11) is 0. The number of rotatable bonds is 4. The Bertz CT molecular complexity index is 467. The molecule has 2 atom stereocenters. The minimum Gasteiger partial charge on any atom is -0.309 e. The van der Waals surface area contributed by atoms with Gasteiger partial charge in [0.15, 0.2) is 0 Å². The number of hydrogen-bond acceptors (Lipinski definition) is 2. The monoisotopic (exact) mass is 296 g/mol. The summed E-state index contributed by atoms with van der Waals surface area (Å²) in [5.74, 6) is -0.453. The van der Waals surface area contributed by atoms with Crippen molar-refractivity contribution in [1.82, 2.24) is 10.2 Å². The van der Waals surface area contributed by atoms with Crippen molar-refractivity contribution in [1.29, 1.82) is 0 Å². The lowest BCUT2D eigenvalue weighted by atomic mass is 9.90. The highest BCUT2D eigenvalue weighted by molar-refractivity contribution is 5.18. The predicted octanol–water partition coefficient (Wildman–Crippen LogP) is 3.56. The predicted molar refractivity (Wildman–Crippen MR) is 82.1 cm³/mol. The zero-order valence-corrected chi connectivity index (χ0v) is 13.4. The largest absolute Gasteiger partial charge is 0.309 e. The maximum atomic E-state index is 13.4. The van der Waals surface area contributed by atoms with Gasteiger partial charge in [-0.1, -0.05) is 20.3 Å². The third-order valence-corrected chi connectivity index (χ3v) is 4.47. The first kappa shape index (κ1) is 16.4. The molecule has 1 aromatic rings. The molecule has 1 N–H and O–H groups in total. The van der Waals surface area contributed by atoms with E-state index >= 15 is 0 Å². The number of hydrogen-bond donors (Lipinski definition) is 1. The van der Waals surface area contributed by atoms with Gasteiger partial charge in [-0.25, -0.2) is 8.78 Å². The van der Waals surface area contributed by atoms with Gasteiger partial charge in [0.2, 0.25) is 0 Å². The van der Waals surface area contributed by atoms with E-state index in [-0.39, 0.29) is 5.54 Å². The van der Waals surface area contributed by atoms with Crippen LogP contribution in [0.3, 0.4) is 0 Å². The molecule has 1 heterocycles. The first-order chi connectivity index (χ1) is 9.80. The minimum absolute atomic E-state index is 0.0236. The third kappa shape index (κ3) is 4.24. The van der Waals surface area contributed by atoms with Crippen LogP contribution in [0.4, 0.5) is 8.78 Å². The summed E-state index contributed by atoms with van der Waals surface area (Å²) in [6, 6.07) is 4.20. The zero-order valence-electron chi connectivity index (χ0n) is 13.4. The second-order valence-corrected chi connectivity index (χ2v) is 6.90. The molecule has 1 saturated heterocycles. The fraction of sp³-hybridized carbons (Fsp3) is 0.647. The van der Waals surface area contributed by atoms with Crippen molar-refractivity contribution >= 4 is 0 Å². The average molecular weight is 296 g/mol. The van der Waals surface area contributed by atoms with Crippen LogP contribution >= 0.6 is 0 Å². The first-order valence-electron chi connectivity index (χ1n) is 7.75. The quantitative estimate of drug-likeness (QED) is 0.914. The van der Waals surface area contributed by atoms with Gasteiger partial charge in [0.1, 0.15) is 11.6 Å². The molecule has 0 saturated carbocycles. The van der Waals surface area contributed by atoms with E-state index in [2.05, 4.69) is 37.9 Å². The van der Waals surface area contributed by atoms with Crippen molar-refractivity contribution < 1.29 is 8.78 Å². The van der Waals surface area contributed by atoms with Crippen molar-refractivity contribution in [2.45, 2.75) is 52.2 Å². The minimum atomic E-state index is -0.500. The lowest BCUT2D eigenvalue weighted by Crippen LogP contribution is -2.62. The second kappa shape index (κ2) is 6.41. The van der Waals surface area contributed by atoms with Gasteiger partial charge in [0.25, 0.3) is 0 Å². The molecule has 2 rings (SSSR count). The summed E-state index contributed by atoms with van der Waals surface area (Å²) in [5, 5.41) is 3.57. The molecule has 21 heavy (non-hydrogen) atoms. The molecule has 4 heteroatoms. The van der Waals surface area contributed by atoms with Crippen LogP contribution in [0.2, 0.25) is 0 Å². The van der Waals surface area contributed by atoms with Crippen molar-refractivity contribution in [3.8, 4) is 0 Å². The third-order valence-electron chi connectivity index (χ3n) is 4.47. The second-order valence-electron chi connectivity index (χ2n) is 6.90. The van der Waals surface area contributed by atoms with E-state index in [4.69, 9.17) is 0 Å². The fourth-order valence-corrected chi connectivity index (χ4v) is 3.13. The van der Waals surface area contributed by atoms with Crippen LogP contribution in [-0.4, -0.2) is 29.6 Å². The molecule has 2 unspecified atom stereocenters. The van der Waals surface area contributed by atoms with Gasteiger partial charge in [0, 0.05) is 37.3 Å². The number of halogens is 2. The molecule has 2 nitrogen and oxygen atoms in total. The van der Waals surface area contributed by atoms with E-state index in [0.29, 0.717) is 24.1 Å². The van der Waals surface area contributed by atoms with Crippen LogP contribution in [0.1, 0.15) is 39.7 Å². The number of benzene rings is 1. The molecule has 1 aliphatic rings. The molecule has 1 aromatic carbocycles. The maximum Gasteiger partial charge on any atom is 0.126 e. The van der Waals surface area contributed by atoms with E-state index < -0.39 is 11.6 Å². The van der Waals surface area contributed by atoms with Crippen LogP contribution in [0.5, 0.6) is 0 Å². The lowest BCUT2D eigenvalue weighted by Gasteiger charge is -2.46. The Kier molecular flexibility index (Phi) is 4.99. The normalized spacial score (nSPS) is 24.0. The Morgan fingerprint density at radius 1 is 1.29 bits per heavy atom. The Balaban J connectivity index is 2.19. The van der Waals surface area contributed by atoms with Gasteiger partial charge in [-0.15, -0.1) is 0 Å². The molecule has 0 spiro atoms. The van der Waals surface area contributed by atoms with E-state index in [1.54, 1.807) is 0 Å². The molecule has 0 aliphatic carbocycles. The summed E-state index contributed by atoms with van der Waals surface area (Å²) in [6.45, 7) is 11.1. The van der Waals surface area contributed by atoms with Crippen LogP contribution in [0.25, 0.3) is 0 Å². The van der Waals surface area contributed by atoms with Crippen LogP contribution in [0, 0.1) is 17.6 Å². The van der Waals surface area contributed by atoms with Crippen molar-refractivity contribution in [2.75, 3.05) is 13.1 Å². The molecule has 0 aromatic heterocycles. The van der Waals surface area contributed by atoms with Gasteiger partial charge in [-0.2, -0.15) is 0 Å². The summed E-state index contributed by atoms with van der Waals surface area (Å²) in [5.41, 5.74) is 0.731. The molecule has 118 valence electrons. The molecule has 1 fully saturated rings. The molecular weight excluding hydrogens is 270 g/mol. The lowest BCUT2D eigenvalue weighted by molar-refractivity contribution is 0.0570. The van der Waals surface area contributed by atoms with Crippen LogP contribution < -0.4 is 5.32 Å². The van der Waals surface area contributed by atoms with Gasteiger partial charge < -0.3 is 5.32 Å². The van der Waals surface area contributed by atoms with Crippen molar-refractivity contribution in [2.24, 2.45) is 5.92 Å². The van der Waals surface area contributed by atoms with Crippen molar-refractivity contribution in [3.05, 3.63) is 35.4 Å². The molecular formula is C17H26F2N2. The number of nitrogens with zero attached hydrogens (tertiary/aromatic N) is 1. The highest BCUT2D eigenvalue weighted by Gasteiger charge is 2.34. The van der Waals surface area contributed by atoms with E-state index in [1.165, 1.54) is 12.1 Å². The summed E-state index contributed by atoms with van der Waals surface area (Å²) < 4.78 is 26.8. The van der Waals surface area contributed by atoms with Crippen molar-refractivity contribution in [3.63, 3.8) is 0 Å². The van der Waals surface area contributed by atoms with Crippen LogP contribution in [-0.2, 0) is 6.54 Å². The summed E-state index contributed by atoms with van der Waals surface area (Å²) in [6.07, 6.45) is 1.10. The Morgan fingerprint density at radius 2 is 1.90 bits per heavy atom. The standard InChI is InChI=1S/C17H26F2N2/c1-5-12(2)16-9-20-17(3,4)11-21(16)10-13-6-14(18)8-15(19)7-13/h6-8,12,16,20H,5,9-11H2,1-4H3. The van der Waals surface area contributed by atoms with E-state index in [9.17, 15) is 8.78 Å². The van der Waals surface area contributed by atoms with Gasteiger partial charge in [-0.05, 0) is 37.5 Å². The summed E-state index contributed by atoms with van der Waals surface area (Å²) >= 11 is 0. The zero-order chi connectivity index (χ0) is 15.6. The highest BCUT2D eigenvalue weighted by Crippen LogP contribution is 2.24. The summed E-state index contributed by atoms with van der Waals surface area (Å²) in [4.78, 5) is 2.36. The van der Waals surface area contributed by atoms with Crippen LogP contribution in [0.15, 0.2) is 18.2 Å². The van der Waals surface area contributed by atoms with Gasteiger partial charge in [0.05, 0.1) is 0 Å². The molecule has 0 radical (unpaired) electrons. The number of nitrogens with one attached hydrogen (secondary N) is 1. The van der Waals surface area contributed by atoms with Gasteiger partial charge >= 0.3 is 0 Å².